The fourth-order valence-electron chi connectivity index (χ4n) is 3.52. The van der Waals surface area contributed by atoms with Gasteiger partial charge in [-0.1, -0.05) is 24.3 Å². The topological polar surface area (TPSA) is 72.5 Å². The number of hydrogen-bond donors (Lipinski definition) is 1. The third kappa shape index (κ3) is 4.22. The standard InChI is InChI=1S/C21H25NO4S/c1-14-8-9-19(21(23)26-3)13-20(14)27(24,25)22-15(2)17-11-10-16-6-4-5-7-18(16)12-17/h8-13,15,22H,4-7H2,1-3H3/t15-/m0/s1. The Morgan fingerprint density at radius 2 is 1.78 bits per heavy atom. The Bertz CT molecular complexity index is 966. The van der Waals surface area contributed by atoms with Crippen molar-refractivity contribution in [1.82, 2.24) is 4.72 Å². The zero-order valence-electron chi connectivity index (χ0n) is 15.9. The lowest BCUT2D eigenvalue weighted by Gasteiger charge is -2.20. The first kappa shape index (κ1) is 19.6. The second-order valence-electron chi connectivity index (χ2n) is 7.05. The van der Waals surface area contributed by atoms with Crippen LogP contribution in [0.15, 0.2) is 41.3 Å². The maximum absolute atomic E-state index is 12.9. The predicted octanol–water partition coefficient (Wildman–Crippen LogP) is 3.70. The van der Waals surface area contributed by atoms with Crippen molar-refractivity contribution in [2.75, 3.05) is 7.11 Å². The van der Waals surface area contributed by atoms with E-state index in [1.165, 1.54) is 37.1 Å². The number of carbonyl (C=O) groups excluding carboxylic acids is 1. The number of rotatable bonds is 5. The van der Waals surface area contributed by atoms with Gasteiger partial charge >= 0.3 is 5.97 Å². The van der Waals surface area contributed by atoms with E-state index in [2.05, 4.69) is 16.9 Å². The van der Waals surface area contributed by atoms with Gasteiger partial charge in [-0.3, -0.25) is 0 Å². The van der Waals surface area contributed by atoms with Crippen molar-refractivity contribution >= 4 is 16.0 Å². The van der Waals surface area contributed by atoms with E-state index in [0.717, 1.165) is 18.4 Å². The minimum atomic E-state index is -3.78. The van der Waals surface area contributed by atoms with Gasteiger partial charge in [-0.2, -0.15) is 0 Å². The van der Waals surface area contributed by atoms with Crippen LogP contribution in [0, 0.1) is 6.92 Å². The molecule has 0 spiro atoms. The first-order chi connectivity index (χ1) is 12.8. The van der Waals surface area contributed by atoms with E-state index in [-0.39, 0.29) is 16.5 Å². The first-order valence-electron chi connectivity index (χ1n) is 9.15. The molecule has 1 aliphatic carbocycles. The lowest BCUT2D eigenvalue weighted by molar-refractivity contribution is 0.0600. The van der Waals surface area contributed by atoms with Crippen molar-refractivity contribution < 1.29 is 17.9 Å². The molecule has 2 aromatic carbocycles. The van der Waals surface area contributed by atoms with Gasteiger partial charge in [-0.15, -0.1) is 0 Å². The number of esters is 1. The molecule has 0 saturated heterocycles. The molecule has 2 aromatic rings. The lowest BCUT2D eigenvalue weighted by Crippen LogP contribution is -2.28. The van der Waals surface area contributed by atoms with E-state index in [4.69, 9.17) is 4.74 Å². The fraction of sp³-hybridized carbons (Fsp3) is 0.381. The Kier molecular flexibility index (Phi) is 5.67. The summed E-state index contributed by atoms with van der Waals surface area (Å²) < 4.78 is 33.3. The summed E-state index contributed by atoms with van der Waals surface area (Å²) in [6.07, 6.45) is 4.53. The number of methoxy groups -OCH3 is 1. The van der Waals surface area contributed by atoms with Gasteiger partial charge in [0.15, 0.2) is 0 Å². The molecule has 1 aliphatic rings. The van der Waals surface area contributed by atoms with Crippen LogP contribution in [0.4, 0.5) is 0 Å². The molecule has 144 valence electrons. The maximum atomic E-state index is 12.9. The molecule has 0 fully saturated rings. The van der Waals surface area contributed by atoms with Crippen molar-refractivity contribution in [3.05, 3.63) is 64.2 Å². The van der Waals surface area contributed by atoms with Gasteiger partial charge < -0.3 is 4.74 Å². The Hall–Kier alpha value is -2.18. The normalized spacial score (nSPS) is 15.1. The first-order valence-corrected chi connectivity index (χ1v) is 10.6. The molecule has 3 rings (SSSR count). The number of ether oxygens (including phenoxy) is 1. The third-order valence-electron chi connectivity index (χ3n) is 5.10. The van der Waals surface area contributed by atoms with Crippen molar-refractivity contribution in [2.45, 2.75) is 50.5 Å². The molecule has 0 bridgehead atoms. The SMILES string of the molecule is COC(=O)c1ccc(C)c(S(=O)(=O)N[C@@H](C)c2ccc3c(c2)CCCC3)c1. The molecule has 0 heterocycles. The van der Waals surface area contributed by atoms with Crippen molar-refractivity contribution in [1.29, 1.82) is 0 Å². The van der Waals surface area contributed by atoms with E-state index in [0.29, 0.717) is 5.56 Å². The summed E-state index contributed by atoms with van der Waals surface area (Å²) >= 11 is 0. The number of aryl methyl sites for hydroxylation is 3. The number of sulfonamides is 1. The summed E-state index contributed by atoms with van der Waals surface area (Å²) in [4.78, 5) is 11.8. The summed E-state index contributed by atoms with van der Waals surface area (Å²) in [5.74, 6) is -0.561. The molecule has 6 heteroatoms. The summed E-state index contributed by atoms with van der Waals surface area (Å²) in [7, 11) is -2.51. The van der Waals surface area contributed by atoms with Gasteiger partial charge in [0, 0.05) is 6.04 Å². The van der Waals surface area contributed by atoms with Gasteiger partial charge in [-0.05, 0) is 73.9 Å². The van der Waals surface area contributed by atoms with Crippen LogP contribution in [-0.4, -0.2) is 21.5 Å². The molecule has 1 N–H and O–H groups in total. The highest BCUT2D eigenvalue weighted by atomic mass is 32.2. The minimum Gasteiger partial charge on any atom is -0.465 e. The van der Waals surface area contributed by atoms with Crippen LogP contribution in [0.2, 0.25) is 0 Å². The van der Waals surface area contributed by atoms with E-state index in [1.54, 1.807) is 19.1 Å². The number of carbonyl (C=O) groups is 1. The van der Waals surface area contributed by atoms with Crippen LogP contribution in [0.1, 0.15) is 58.4 Å². The monoisotopic (exact) mass is 387 g/mol. The zero-order valence-corrected chi connectivity index (χ0v) is 16.7. The van der Waals surface area contributed by atoms with Crippen LogP contribution in [0.25, 0.3) is 0 Å². The summed E-state index contributed by atoms with van der Waals surface area (Å²) in [6.45, 7) is 3.54. The highest BCUT2D eigenvalue weighted by Gasteiger charge is 2.23. The molecule has 5 nitrogen and oxygen atoms in total. The molecule has 0 aliphatic heterocycles. The van der Waals surface area contributed by atoms with Crippen molar-refractivity contribution in [3.8, 4) is 0 Å². The molecule has 0 aromatic heterocycles. The van der Waals surface area contributed by atoms with E-state index in [1.807, 2.05) is 13.0 Å². The fourth-order valence-corrected chi connectivity index (χ4v) is 5.02. The zero-order chi connectivity index (χ0) is 19.6. The van der Waals surface area contributed by atoms with E-state index < -0.39 is 16.0 Å². The average Bonchev–Trinajstić information content (AvgIpc) is 2.66. The molecular formula is C21H25NO4S. The molecule has 27 heavy (non-hydrogen) atoms. The Morgan fingerprint density at radius 3 is 2.48 bits per heavy atom. The van der Waals surface area contributed by atoms with Crippen molar-refractivity contribution in [2.24, 2.45) is 0 Å². The van der Waals surface area contributed by atoms with Crippen LogP contribution in [0.5, 0.6) is 0 Å². The van der Waals surface area contributed by atoms with Gasteiger partial charge in [0.1, 0.15) is 0 Å². The lowest BCUT2D eigenvalue weighted by atomic mass is 9.89. The summed E-state index contributed by atoms with van der Waals surface area (Å²) in [5, 5.41) is 0. The molecule has 0 unspecified atom stereocenters. The highest BCUT2D eigenvalue weighted by Crippen LogP contribution is 2.26. The number of hydrogen-bond acceptors (Lipinski definition) is 4. The predicted molar refractivity (Wildman–Crippen MR) is 104 cm³/mol. The number of nitrogens with one attached hydrogen (secondary N) is 1. The van der Waals surface area contributed by atoms with Gasteiger partial charge in [0.25, 0.3) is 0 Å². The molecule has 0 radical (unpaired) electrons. The Labute approximate surface area is 160 Å². The minimum absolute atomic E-state index is 0.0928. The smallest absolute Gasteiger partial charge is 0.337 e. The highest BCUT2D eigenvalue weighted by molar-refractivity contribution is 7.89. The third-order valence-corrected chi connectivity index (χ3v) is 6.79. The van der Waals surface area contributed by atoms with Gasteiger partial charge in [0.2, 0.25) is 10.0 Å². The van der Waals surface area contributed by atoms with E-state index in [9.17, 15) is 13.2 Å². The molecule has 0 saturated carbocycles. The Morgan fingerprint density at radius 1 is 1.07 bits per heavy atom. The second kappa shape index (κ2) is 7.82. The van der Waals surface area contributed by atoms with Crippen LogP contribution < -0.4 is 4.72 Å². The second-order valence-corrected chi connectivity index (χ2v) is 8.73. The summed E-state index contributed by atoms with van der Waals surface area (Å²) in [5.41, 5.74) is 4.41. The quantitative estimate of drug-likeness (QED) is 0.794. The summed E-state index contributed by atoms with van der Waals surface area (Å²) in [6, 6.07) is 10.4. The average molecular weight is 388 g/mol. The van der Waals surface area contributed by atoms with Crippen molar-refractivity contribution in [3.63, 3.8) is 0 Å². The maximum Gasteiger partial charge on any atom is 0.337 e. The van der Waals surface area contributed by atoms with E-state index >= 15 is 0 Å². The molecule has 0 amide bonds. The van der Waals surface area contributed by atoms with Crippen LogP contribution in [-0.2, 0) is 27.6 Å². The molecular weight excluding hydrogens is 362 g/mol. The van der Waals surface area contributed by atoms with Gasteiger partial charge in [-0.25, -0.2) is 17.9 Å². The number of benzene rings is 2. The Balaban J connectivity index is 1.87. The van der Waals surface area contributed by atoms with Gasteiger partial charge in [0.05, 0.1) is 17.6 Å². The molecule has 1 atom stereocenters. The largest absolute Gasteiger partial charge is 0.465 e. The van der Waals surface area contributed by atoms with Crippen LogP contribution in [0.3, 0.4) is 0 Å². The van der Waals surface area contributed by atoms with Crippen LogP contribution >= 0.6 is 0 Å². The number of fused-ring (bicyclic) bond motifs is 1.